The van der Waals surface area contributed by atoms with Crippen LogP contribution in [0.4, 0.5) is 16.2 Å². The molecular weight excluding hydrogens is 2040 g/mol. The maximum Gasteiger partial charge on any atom is 0.411 e. The van der Waals surface area contributed by atoms with E-state index in [2.05, 4.69) is 53.1 Å². The van der Waals surface area contributed by atoms with E-state index in [0.717, 1.165) is 234 Å². The predicted octanol–water partition coefficient (Wildman–Crippen LogP) is 22.4. The van der Waals surface area contributed by atoms with Gasteiger partial charge in [-0.15, -0.1) is 0 Å². The number of aliphatic hydroxyl groups excluding tert-OH is 1. The average molecular weight is 2200 g/mol. The maximum absolute atomic E-state index is 13.4. The number of carbonyl (C=O) groups is 2. The maximum atomic E-state index is 13.4. The first-order valence-electron chi connectivity index (χ1n) is 53.4. The van der Waals surface area contributed by atoms with Crippen molar-refractivity contribution in [2.45, 2.75) is 269 Å². The summed E-state index contributed by atoms with van der Waals surface area (Å²) in [4.78, 5) is 81.7. The molecule has 149 heavy (non-hydrogen) atoms. The van der Waals surface area contributed by atoms with Crippen molar-refractivity contribution < 1.29 is 113 Å². The minimum Gasteiger partial charge on any atom is -0.508 e. The van der Waals surface area contributed by atoms with Gasteiger partial charge < -0.3 is 96.7 Å². The number of amides is 1. The number of aryl methyl sites for hydroxylation is 3. The smallest absolute Gasteiger partial charge is 0.411 e. The number of nitrogens with one attached hydrogen (secondary N) is 1. The van der Waals surface area contributed by atoms with Crippen LogP contribution in [0.2, 0.25) is 0 Å². The van der Waals surface area contributed by atoms with Crippen LogP contribution in [0.5, 0.6) is 28.7 Å². The Morgan fingerprint density at radius 2 is 0.879 bits per heavy atom. The minimum absolute atomic E-state index is 0.00771. The van der Waals surface area contributed by atoms with Gasteiger partial charge >= 0.3 is 40.2 Å². The molecule has 11 heterocycles. The number of rotatable bonds is 30. The van der Waals surface area contributed by atoms with Crippen LogP contribution in [-0.2, 0) is 65.3 Å². The highest BCUT2D eigenvalue weighted by Crippen LogP contribution is 2.51. The van der Waals surface area contributed by atoms with Crippen LogP contribution in [-0.4, -0.2) is 153 Å². The lowest BCUT2D eigenvalue weighted by Crippen LogP contribution is -2.22. The molecule has 0 radical (unpaired) electrons. The normalized spacial score (nSPS) is 18.0. The first-order chi connectivity index (χ1) is 71.9. The van der Waals surface area contributed by atoms with Crippen LogP contribution in [0.25, 0.3) is 0 Å². The molecular formula is C116H157IN2O29S. The molecule has 818 valence electrons. The number of halogens is 1. The van der Waals surface area contributed by atoms with Crippen LogP contribution in [0, 0.1) is 67.1 Å². The van der Waals surface area contributed by atoms with Gasteiger partial charge in [0, 0.05) is 168 Å². The third kappa shape index (κ3) is 42.6. The van der Waals surface area contributed by atoms with E-state index in [1.807, 2.05) is 86.6 Å². The summed E-state index contributed by atoms with van der Waals surface area (Å²) in [6.45, 7) is 21.6. The Kier molecular flexibility index (Phi) is 52.0. The molecule has 9 aliphatic rings. The molecule has 10 N–H and O–H groups in total. The number of carbonyl (C=O) groups excluding carboxylic acids is 1. The Morgan fingerprint density at radius 1 is 0.450 bits per heavy atom. The van der Waals surface area contributed by atoms with Crippen LogP contribution in [0.1, 0.15) is 299 Å². The molecule has 5 unspecified atom stereocenters. The van der Waals surface area contributed by atoms with Crippen molar-refractivity contribution in [3.63, 3.8) is 0 Å². The van der Waals surface area contributed by atoms with Gasteiger partial charge in [0.1, 0.15) is 64.2 Å². The van der Waals surface area contributed by atoms with Crippen LogP contribution >= 0.6 is 22.6 Å². The Labute approximate surface area is 888 Å². The molecule has 5 aromatic heterocycles. The topological polar surface area (TPSA) is 473 Å². The highest BCUT2D eigenvalue weighted by atomic mass is 127. The monoisotopic (exact) mass is 2200 g/mol. The van der Waals surface area contributed by atoms with E-state index in [4.69, 9.17) is 81.2 Å². The molecule has 4 aromatic carbocycles. The number of carboxylic acids is 1. The summed E-state index contributed by atoms with van der Waals surface area (Å²) < 4.78 is 93.6. The van der Waals surface area contributed by atoms with Gasteiger partial charge in [-0.3, -0.25) is 14.3 Å². The molecule has 0 spiro atoms. The summed E-state index contributed by atoms with van der Waals surface area (Å²) >= 11 is 2.51. The van der Waals surface area contributed by atoms with Gasteiger partial charge in [0.2, 0.25) is 0 Å². The second kappa shape index (κ2) is 64.4. The predicted molar refractivity (Wildman–Crippen MR) is 577 cm³/mol. The molecule has 6 aliphatic heterocycles. The Hall–Kier alpha value is -10.5. The lowest BCUT2D eigenvalue weighted by atomic mass is 9.84. The van der Waals surface area contributed by atoms with Gasteiger partial charge in [0.15, 0.2) is 0 Å². The van der Waals surface area contributed by atoms with Crippen molar-refractivity contribution in [1.82, 2.24) is 0 Å². The summed E-state index contributed by atoms with van der Waals surface area (Å²) in [5, 5.41) is 69.1. The van der Waals surface area contributed by atoms with E-state index in [-0.39, 0.29) is 94.2 Å². The van der Waals surface area contributed by atoms with Gasteiger partial charge in [-0.2, -0.15) is 8.42 Å². The molecule has 6 saturated heterocycles. The number of benzene rings is 4. The fourth-order valence-corrected chi connectivity index (χ4v) is 21.3. The van der Waals surface area contributed by atoms with Crippen molar-refractivity contribution in [3.8, 4) is 28.7 Å². The van der Waals surface area contributed by atoms with E-state index < -0.39 is 50.3 Å². The highest BCUT2D eigenvalue weighted by molar-refractivity contribution is 14.1. The quantitative estimate of drug-likeness (QED) is 0.00873. The zero-order valence-electron chi connectivity index (χ0n) is 87.3. The summed E-state index contributed by atoms with van der Waals surface area (Å²) in [6, 6.07) is 42.1. The fraction of sp³-hybridized carbons (Fsp3) is 0.560. The third-order valence-corrected chi connectivity index (χ3v) is 31.0. The molecule has 9 aromatic rings. The van der Waals surface area contributed by atoms with Gasteiger partial charge in [-0.05, 0) is 275 Å². The molecule has 18 rings (SSSR count). The summed E-state index contributed by atoms with van der Waals surface area (Å²) in [5.74, 6) is 5.96. The third-order valence-electron chi connectivity index (χ3n) is 28.5. The Bertz CT molecular complexity index is 5840. The van der Waals surface area contributed by atoms with Crippen molar-refractivity contribution in [3.05, 3.63) is 266 Å². The van der Waals surface area contributed by atoms with Gasteiger partial charge in [0.05, 0.1) is 46.7 Å². The number of ether oxygens (including phenoxy) is 7. The molecule has 31 nitrogen and oxygen atoms in total. The van der Waals surface area contributed by atoms with Crippen LogP contribution < -0.4 is 39.2 Å². The molecule has 0 bridgehead atoms. The largest absolute Gasteiger partial charge is 0.508 e. The molecule has 1 amide bonds. The Morgan fingerprint density at radius 3 is 1.28 bits per heavy atom. The minimum atomic E-state index is -3.62. The molecule has 5 atom stereocenters. The Balaban J connectivity index is 0.000000182. The first-order valence-corrected chi connectivity index (χ1v) is 56.3. The standard InChI is InChI=1S/C32H37NO6.C24H31NO4.C14H20O4.C13H18O4S.C8H10O3.C7H13I.C6H6O3.C6H10O3.C6H12O2/c1-2-23(17-21-13-15-37-16-14-21)28-19-27(34)30(31(35)39-28)29(24-11-12-24)25-9-6-10-26(18-25)33-32(36)38-20-22-7-4-3-5-8-22;1-2-16(12-15-8-10-28-11-9-15)21-14-20(26)23(24(27)29-21)22(17-6-7-17)18-4-3-5-19(25)13-18;1-2-11(7-10-3-5-17-6-4-10)13-8-12(15)9-14(16)18-13;1-11-2-4-13(5-3-11)18(14,15)17-10-12-6-8-16-9-7-12;1-2-3-7-4-6(9)5-8(10)11-7;8-6-7-4-2-1-3-5-7;1-4-2-5(7)3-6(8)9-4;7-6(8)5-1-3-9-4-2-5;7-5-6-1-3-8-4-2-6/h3-10,18-19,21,23-24,29,34H,2,11-17,20H2,1H3,(H,33,36);3-5,13-17,22,26H,2,6-12,25H2,1H3;8-11,15H,2-7H2,1H3;2-5,12H,6-10H2,1H3;4-5,9H,2-3H2,1H3;7H,1-6H2;2-3,7H,1H3;5H,1-4H2,(H,7,8);6-7H,1-5H2. The van der Waals surface area contributed by atoms with E-state index >= 15 is 0 Å². The molecule has 3 aliphatic carbocycles. The second-order valence-corrected chi connectivity index (χ2v) is 42.6. The van der Waals surface area contributed by atoms with E-state index in [0.29, 0.717) is 133 Å². The number of anilines is 2. The van der Waals surface area contributed by atoms with Crippen molar-refractivity contribution >= 4 is 56.1 Å². The number of hydrogen-bond donors (Lipinski definition) is 9. The number of aliphatic hydroxyl groups is 1. The van der Waals surface area contributed by atoms with Crippen LogP contribution in [0.15, 0.2) is 203 Å². The van der Waals surface area contributed by atoms with Crippen molar-refractivity contribution in [2.24, 2.45) is 53.3 Å². The number of nitrogens with two attached hydrogens (primary N) is 1. The number of aliphatic carboxylic acids is 1. The van der Waals surface area contributed by atoms with Crippen molar-refractivity contribution in [2.75, 3.05) is 108 Å². The van der Waals surface area contributed by atoms with Crippen LogP contribution in [0.3, 0.4) is 0 Å². The van der Waals surface area contributed by atoms with Gasteiger partial charge in [-0.25, -0.2) is 28.8 Å². The van der Waals surface area contributed by atoms with Crippen molar-refractivity contribution in [1.29, 1.82) is 0 Å². The fourth-order valence-electron chi connectivity index (χ4n) is 19.5. The first kappa shape index (κ1) is 120. The number of aromatic hydroxyl groups is 5. The zero-order valence-corrected chi connectivity index (χ0v) is 90.3. The average Bonchev–Trinajstić information content (AvgIpc) is 1.68. The van der Waals surface area contributed by atoms with E-state index in [1.165, 1.54) is 48.7 Å². The summed E-state index contributed by atoms with van der Waals surface area (Å²) in [6.07, 6.45) is 29.4. The molecule has 33 heteroatoms. The van der Waals surface area contributed by atoms with Gasteiger partial charge in [0.25, 0.3) is 10.1 Å². The van der Waals surface area contributed by atoms with Gasteiger partial charge in [-0.1, -0.05) is 142 Å². The second-order valence-electron chi connectivity index (χ2n) is 40.1. The van der Waals surface area contributed by atoms with E-state index in [1.54, 1.807) is 55.5 Å². The number of hydrogen-bond acceptors (Lipinski definition) is 29. The highest BCUT2D eigenvalue weighted by Gasteiger charge is 2.41. The molecule has 9 fully saturated rings. The number of alkyl halides is 1. The lowest BCUT2D eigenvalue weighted by Gasteiger charge is -2.26. The summed E-state index contributed by atoms with van der Waals surface area (Å²) in [7, 11) is -3.62. The number of nitrogen functional groups attached to an aromatic ring is 1. The lowest BCUT2D eigenvalue weighted by molar-refractivity contribution is -0.144. The molecule has 3 saturated carbocycles. The SMILES string of the molecule is CCC(CC1CCOCC1)c1cc(O)c(C(c2cccc(N)c2)C2CC2)c(=O)o1.CCC(CC1CCOCC1)c1cc(O)c(C(c2cccc(NC(=O)OCc3ccccc3)c2)C2CC2)c(=O)o1.CCC(CC1CCOCC1)c1cc(O)cc(=O)o1.CCCc1cc(O)cc(=O)o1.Cc1cc(O)cc(=O)o1.Cc1ccc(S(=O)(=O)OCC2CCOCC2)cc1.ICC1CCCCC1.O=C(O)C1CCOCC1.OCC1CCOCC1. The van der Waals surface area contributed by atoms with E-state index in [9.17, 15) is 57.3 Å². The zero-order chi connectivity index (χ0) is 107. The summed E-state index contributed by atoms with van der Waals surface area (Å²) in [5.41, 5.74) is 9.24. The number of carboxylic acid groups (broad SMARTS) is 1.